The molecule has 1 fully saturated rings. The van der Waals surface area contributed by atoms with Crippen LogP contribution in [0.3, 0.4) is 0 Å². The molecule has 1 amide bonds. The van der Waals surface area contributed by atoms with Crippen LogP contribution in [-0.4, -0.2) is 39.2 Å². The number of carbonyl (C=O) groups is 2. The van der Waals surface area contributed by atoms with E-state index in [1.54, 1.807) is 37.3 Å². The summed E-state index contributed by atoms with van der Waals surface area (Å²) < 4.78 is 7.09. The Labute approximate surface area is 217 Å². The normalized spacial score (nSPS) is 17.8. The van der Waals surface area contributed by atoms with Crippen LogP contribution < -0.4 is 5.32 Å². The molecule has 1 aliphatic carbocycles. The molecule has 2 heterocycles. The maximum atomic E-state index is 12.7. The fourth-order valence-corrected chi connectivity index (χ4v) is 5.09. The Balaban J connectivity index is 1.52. The number of hydrogen-bond donors (Lipinski definition) is 2. The van der Waals surface area contributed by atoms with Gasteiger partial charge >= 0.3 is 5.97 Å². The van der Waals surface area contributed by atoms with Crippen LogP contribution in [0.25, 0.3) is 17.0 Å². The van der Waals surface area contributed by atoms with Crippen LogP contribution in [0, 0.1) is 0 Å². The predicted molar refractivity (Wildman–Crippen MR) is 144 cm³/mol. The van der Waals surface area contributed by atoms with Gasteiger partial charge in [-0.1, -0.05) is 41.6 Å². The Hall–Kier alpha value is -3.49. The summed E-state index contributed by atoms with van der Waals surface area (Å²) in [5.41, 5.74) is 2.34. The van der Waals surface area contributed by atoms with Gasteiger partial charge in [0.05, 0.1) is 17.2 Å². The molecule has 3 aromatic rings. The average Bonchev–Trinajstić information content (AvgIpc) is 3.53. The van der Waals surface area contributed by atoms with Crippen LogP contribution in [-0.2, 0) is 20.9 Å². The lowest BCUT2D eigenvalue weighted by Crippen LogP contribution is -2.29. The van der Waals surface area contributed by atoms with Crippen molar-refractivity contribution in [2.75, 3.05) is 6.61 Å². The molecule has 184 valence electrons. The van der Waals surface area contributed by atoms with Gasteiger partial charge in [0.1, 0.15) is 22.9 Å². The number of ether oxygens (including phenoxy) is 1. The summed E-state index contributed by atoms with van der Waals surface area (Å²) in [5.74, 6) is -0.857. The zero-order valence-corrected chi connectivity index (χ0v) is 21.1. The molecule has 1 saturated carbocycles. The number of benzene rings is 2. The van der Waals surface area contributed by atoms with Crippen molar-refractivity contribution in [2.24, 2.45) is 4.99 Å². The van der Waals surface area contributed by atoms with Gasteiger partial charge in [-0.15, -0.1) is 0 Å². The highest BCUT2D eigenvalue weighted by molar-refractivity contribution is 8.18. The molecule has 5 rings (SSSR count). The van der Waals surface area contributed by atoms with E-state index in [0.29, 0.717) is 20.7 Å². The minimum absolute atomic E-state index is 0.0237. The van der Waals surface area contributed by atoms with Crippen molar-refractivity contribution in [1.82, 2.24) is 9.88 Å². The fourth-order valence-electron chi connectivity index (χ4n) is 3.94. The van der Waals surface area contributed by atoms with Crippen LogP contribution in [0.2, 0.25) is 5.02 Å². The molecule has 9 heteroatoms. The molecule has 0 radical (unpaired) electrons. The minimum atomic E-state index is -0.641. The Morgan fingerprint density at radius 1 is 1.22 bits per heavy atom. The number of rotatable bonds is 7. The summed E-state index contributed by atoms with van der Waals surface area (Å²) in [6.45, 7) is 2.08. The Morgan fingerprint density at radius 3 is 2.69 bits per heavy atom. The van der Waals surface area contributed by atoms with Gasteiger partial charge in [-0.05, 0) is 56.2 Å². The molecule has 2 aromatic carbocycles. The van der Waals surface area contributed by atoms with Crippen LogP contribution in [0.4, 0.5) is 5.69 Å². The number of esters is 1. The van der Waals surface area contributed by atoms with Crippen molar-refractivity contribution in [2.45, 2.75) is 32.4 Å². The Bertz CT molecular complexity index is 1430. The second-order valence-electron chi connectivity index (χ2n) is 8.52. The van der Waals surface area contributed by atoms with Gasteiger partial charge in [-0.25, -0.2) is 9.79 Å². The van der Waals surface area contributed by atoms with Crippen LogP contribution in [0.1, 0.15) is 25.3 Å². The minimum Gasteiger partial charge on any atom is -0.506 e. The highest BCUT2D eigenvalue weighted by atomic mass is 35.5. The molecule has 0 atom stereocenters. The number of aliphatic imine (C=N–C) groups is 1. The lowest BCUT2D eigenvalue weighted by molar-refractivity contribution is -0.138. The van der Waals surface area contributed by atoms with Crippen LogP contribution in [0.15, 0.2) is 76.0 Å². The van der Waals surface area contributed by atoms with Gasteiger partial charge in [-0.2, -0.15) is 0 Å². The highest BCUT2D eigenvalue weighted by Crippen LogP contribution is 2.41. The SMILES string of the molecule is CCOC(=O)C1=C(O)/C(=C/c2cn(CC(=O)NC3CC3)c3ccccc23)SC1=Nc1ccc(Cl)cc1. The van der Waals surface area contributed by atoms with Gasteiger partial charge in [0.15, 0.2) is 0 Å². The van der Waals surface area contributed by atoms with Crippen molar-refractivity contribution in [3.8, 4) is 0 Å². The molecule has 1 aromatic heterocycles. The molecule has 0 spiro atoms. The van der Waals surface area contributed by atoms with E-state index in [4.69, 9.17) is 16.3 Å². The number of thioether (sulfide) groups is 1. The first-order chi connectivity index (χ1) is 17.4. The molecule has 0 saturated heterocycles. The summed E-state index contributed by atoms with van der Waals surface area (Å²) in [4.78, 5) is 30.2. The van der Waals surface area contributed by atoms with Crippen molar-refractivity contribution >= 4 is 62.9 Å². The van der Waals surface area contributed by atoms with Crippen molar-refractivity contribution in [3.05, 3.63) is 81.6 Å². The first-order valence-electron chi connectivity index (χ1n) is 11.6. The molecule has 2 N–H and O–H groups in total. The van der Waals surface area contributed by atoms with Gasteiger partial charge in [0, 0.05) is 33.7 Å². The maximum absolute atomic E-state index is 12.7. The number of aromatic nitrogens is 1. The smallest absolute Gasteiger partial charge is 0.344 e. The maximum Gasteiger partial charge on any atom is 0.344 e. The van der Waals surface area contributed by atoms with E-state index >= 15 is 0 Å². The molecular formula is C27H24ClN3O4S. The predicted octanol–water partition coefficient (Wildman–Crippen LogP) is 5.77. The number of nitrogens with zero attached hydrogens (tertiary/aromatic N) is 2. The lowest BCUT2D eigenvalue weighted by Gasteiger charge is -2.05. The van der Waals surface area contributed by atoms with Gasteiger partial charge in [0.25, 0.3) is 0 Å². The van der Waals surface area contributed by atoms with E-state index in [1.807, 2.05) is 35.0 Å². The summed E-state index contributed by atoms with van der Waals surface area (Å²) in [6.07, 6.45) is 5.75. The molecule has 1 aliphatic heterocycles. The van der Waals surface area contributed by atoms with Gasteiger partial charge in [0.2, 0.25) is 5.91 Å². The third kappa shape index (κ3) is 5.20. The summed E-state index contributed by atoms with van der Waals surface area (Å²) in [7, 11) is 0. The zero-order chi connectivity index (χ0) is 25.2. The fraction of sp³-hybridized carbons (Fsp3) is 0.222. The number of carbonyl (C=O) groups excluding carboxylic acids is 2. The van der Waals surface area contributed by atoms with Crippen LogP contribution in [0.5, 0.6) is 0 Å². The summed E-state index contributed by atoms with van der Waals surface area (Å²) >= 11 is 7.17. The Kier molecular flexibility index (Phi) is 6.89. The highest BCUT2D eigenvalue weighted by Gasteiger charge is 2.33. The summed E-state index contributed by atoms with van der Waals surface area (Å²) in [6, 6.07) is 14.9. The number of hydrogen-bond acceptors (Lipinski definition) is 6. The first kappa shape index (κ1) is 24.2. The number of amides is 1. The van der Waals surface area contributed by atoms with Crippen molar-refractivity contribution < 1.29 is 19.4 Å². The largest absolute Gasteiger partial charge is 0.506 e. The lowest BCUT2D eigenvalue weighted by atomic mass is 10.1. The molecular weight excluding hydrogens is 498 g/mol. The van der Waals surface area contributed by atoms with Crippen molar-refractivity contribution in [3.63, 3.8) is 0 Å². The molecule has 7 nitrogen and oxygen atoms in total. The quantitative estimate of drug-likeness (QED) is 0.385. The molecule has 0 bridgehead atoms. The van der Waals surface area contributed by atoms with Crippen molar-refractivity contribution in [1.29, 1.82) is 0 Å². The van der Waals surface area contributed by atoms with Crippen LogP contribution >= 0.6 is 23.4 Å². The second kappa shape index (κ2) is 10.2. The standard InChI is InChI=1S/C27H24ClN3O4S/c1-2-35-27(34)24-25(33)22(36-26(24)30-19-9-7-17(28)8-10-19)13-16-14-31(15-23(32)29-18-11-12-18)21-6-4-3-5-20(16)21/h3-10,13-14,18,33H,2,11-12,15H2,1H3,(H,29,32)/b22-13-,30-26?. The Morgan fingerprint density at radius 2 is 1.97 bits per heavy atom. The molecule has 0 unspecified atom stereocenters. The second-order valence-corrected chi connectivity index (χ2v) is 9.99. The number of aliphatic hydroxyl groups is 1. The average molecular weight is 522 g/mol. The monoisotopic (exact) mass is 521 g/mol. The van der Waals surface area contributed by atoms with E-state index in [2.05, 4.69) is 10.3 Å². The van der Waals surface area contributed by atoms with E-state index in [0.717, 1.165) is 29.3 Å². The van der Waals surface area contributed by atoms with Gasteiger partial charge < -0.3 is 19.7 Å². The number of fused-ring (bicyclic) bond motifs is 1. The van der Waals surface area contributed by atoms with E-state index in [1.165, 1.54) is 11.8 Å². The number of halogens is 1. The topological polar surface area (TPSA) is 92.9 Å². The third-order valence-electron chi connectivity index (χ3n) is 5.79. The van der Waals surface area contributed by atoms with Gasteiger partial charge in [-0.3, -0.25) is 4.79 Å². The molecule has 2 aliphatic rings. The van der Waals surface area contributed by atoms with E-state index in [-0.39, 0.29) is 36.4 Å². The number of aliphatic hydroxyl groups excluding tert-OH is 1. The number of para-hydroxylation sites is 1. The summed E-state index contributed by atoms with van der Waals surface area (Å²) in [5, 5.41) is 15.9. The number of nitrogens with one attached hydrogen (secondary N) is 1. The van der Waals surface area contributed by atoms with E-state index in [9.17, 15) is 14.7 Å². The zero-order valence-electron chi connectivity index (χ0n) is 19.5. The molecule has 36 heavy (non-hydrogen) atoms. The first-order valence-corrected chi connectivity index (χ1v) is 12.8. The van der Waals surface area contributed by atoms with E-state index < -0.39 is 5.97 Å². The third-order valence-corrected chi connectivity index (χ3v) is 7.06.